The Balaban J connectivity index is 0.00000441. The average Bonchev–Trinajstić information content (AvgIpc) is 2.53. The molecule has 0 aliphatic rings. The van der Waals surface area contributed by atoms with Crippen molar-refractivity contribution in [3.8, 4) is 11.5 Å². The van der Waals surface area contributed by atoms with Crippen LogP contribution >= 0.6 is 24.0 Å². The largest absolute Gasteiger partial charge is 0.493 e. The highest BCUT2D eigenvalue weighted by Crippen LogP contribution is 2.30. The van der Waals surface area contributed by atoms with E-state index in [1.165, 1.54) is 0 Å². The van der Waals surface area contributed by atoms with Gasteiger partial charge in [-0.1, -0.05) is 12.1 Å². The van der Waals surface area contributed by atoms with Crippen molar-refractivity contribution in [3.05, 3.63) is 23.8 Å². The smallest absolute Gasteiger partial charge is 0.191 e. The number of hydrogen-bond donors (Lipinski definition) is 2. The van der Waals surface area contributed by atoms with Gasteiger partial charge in [0.25, 0.3) is 0 Å². The molecule has 0 saturated carbocycles. The molecule has 0 radical (unpaired) electrons. The van der Waals surface area contributed by atoms with Crippen molar-refractivity contribution in [1.82, 2.24) is 10.6 Å². The Bertz CT molecular complexity index is 456. The summed E-state index contributed by atoms with van der Waals surface area (Å²) in [7, 11) is 5.00. The van der Waals surface area contributed by atoms with Crippen LogP contribution in [0.3, 0.4) is 0 Å². The minimum Gasteiger partial charge on any atom is -0.493 e. The number of benzene rings is 1. The molecule has 0 aliphatic heterocycles. The van der Waals surface area contributed by atoms with Crippen LogP contribution in [0.1, 0.15) is 12.5 Å². The lowest BCUT2D eigenvalue weighted by Crippen LogP contribution is -2.38. The summed E-state index contributed by atoms with van der Waals surface area (Å²) in [5.74, 6) is 2.17. The summed E-state index contributed by atoms with van der Waals surface area (Å²) in [6, 6.07) is 5.79. The minimum atomic E-state index is 0. The van der Waals surface area contributed by atoms with Crippen molar-refractivity contribution in [3.63, 3.8) is 0 Å². The van der Waals surface area contributed by atoms with Gasteiger partial charge >= 0.3 is 0 Å². The van der Waals surface area contributed by atoms with Gasteiger partial charge in [-0.05, 0) is 13.0 Å². The number of nitrogens with one attached hydrogen (secondary N) is 2. The second-order valence-electron chi connectivity index (χ2n) is 4.20. The van der Waals surface area contributed by atoms with Crippen molar-refractivity contribution in [2.75, 3.05) is 41.0 Å². The number of aliphatic imine (C=N–C) groups is 1. The summed E-state index contributed by atoms with van der Waals surface area (Å²) in [5.41, 5.74) is 1.00. The summed E-state index contributed by atoms with van der Waals surface area (Å²) in [4.78, 5) is 4.17. The van der Waals surface area contributed by atoms with Crippen LogP contribution in [0.4, 0.5) is 0 Å². The molecule has 6 nitrogen and oxygen atoms in total. The Morgan fingerprint density at radius 3 is 2.55 bits per heavy atom. The third-order valence-electron chi connectivity index (χ3n) is 2.90. The van der Waals surface area contributed by atoms with Gasteiger partial charge in [-0.15, -0.1) is 24.0 Å². The molecule has 0 aliphatic carbocycles. The lowest BCUT2D eigenvalue weighted by molar-refractivity contribution is 0.152. The van der Waals surface area contributed by atoms with E-state index in [2.05, 4.69) is 15.6 Å². The number of hydrogen-bond acceptors (Lipinski definition) is 4. The van der Waals surface area contributed by atoms with E-state index < -0.39 is 0 Å². The molecule has 0 heterocycles. The predicted molar refractivity (Wildman–Crippen MR) is 99.7 cm³/mol. The highest BCUT2D eigenvalue weighted by atomic mass is 127. The fourth-order valence-corrected chi connectivity index (χ4v) is 1.88. The second kappa shape index (κ2) is 12.3. The van der Waals surface area contributed by atoms with Gasteiger partial charge in [0, 0.05) is 32.3 Å². The summed E-state index contributed by atoms with van der Waals surface area (Å²) in [6.07, 6.45) is 0. The van der Waals surface area contributed by atoms with E-state index in [1.807, 2.05) is 25.1 Å². The first-order valence-corrected chi connectivity index (χ1v) is 6.98. The number of ether oxygens (including phenoxy) is 3. The zero-order valence-electron chi connectivity index (χ0n) is 13.6. The molecule has 0 amide bonds. The maximum Gasteiger partial charge on any atom is 0.191 e. The van der Waals surface area contributed by atoms with Gasteiger partial charge in [0.1, 0.15) is 0 Å². The molecule has 2 N–H and O–H groups in total. The monoisotopic (exact) mass is 423 g/mol. The molecule has 0 bridgehead atoms. The first-order chi connectivity index (χ1) is 10.3. The third kappa shape index (κ3) is 6.69. The van der Waals surface area contributed by atoms with Crippen LogP contribution in [-0.2, 0) is 11.3 Å². The van der Waals surface area contributed by atoms with Crippen LogP contribution in [0.25, 0.3) is 0 Å². The average molecular weight is 423 g/mol. The van der Waals surface area contributed by atoms with Crippen LogP contribution in [0.15, 0.2) is 23.2 Å². The predicted octanol–water partition coefficient (Wildman–Crippen LogP) is 2.02. The third-order valence-corrected chi connectivity index (χ3v) is 2.90. The highest BCUT2D eigenvalue weighted by molar-refractivity contribution is 14.0. The standard InChI is InChI=1S/C15H25N3O3.HI/c1-5-21-10-9-17-15(16-2)18-11-12-7-6-8-13(19-3)14(12)20-4;/h6-8H,5,9-11H2,1-4H3,(H2,16,17,18);1H. The van der Waals surface area contributed by atoms with Gasteiger partial charge in [0.05, 0.1) is 20.8 Å². The van der Waals surface area contributed by atoms with Crippen molar-refractivity contribution < 1.29 is 14.2 Å². The minimum absolute atomic E-state index is 0. The van der Waals surface area contributed by atoms with E-state index in [9.17, 15) is 0 Å². The molecular formula is C15H26IN3O3. The SMILES string of the molecule is CCOCCNC(=NC)NCc1cccc(OC)c1OC.I. The fraction of sp³-hybridized carbons (Fsp3) is 0.533. The van der Waals surface area contributed by atoms with E-state index in [-0.39, 0.29) is 24.0 Å². The molecule has 1 rings (SSSR count). The summed E-state index contributed by atoms with van der Waals surface area (Å²) >= 11 is 0. The lowest BCUT2D eigenvalue weighted by Gasteiger charge is -2.15. The molecule has 7 heteroatoms. The quantitative estimate of drug-likeness (QED) is 0.290. The van der Waals surface area contributed by atoms with E-state index in [0.29, 0.717) is 26.3 Å². The number of para-hydroxylation sites is 1. The summed E-state index contributed by atoms with van der Waals surface area (Å²) in [5, 5.41) is 6.42. The highest BCUT2D eigenvalue weighted by Gasteiger charge is 2.09. The number of rotatable bonds is 8. The maximum atomic E-state index is 5.40. The molecule has 22 heavy (non-hydrogen) atoms. The molecule has 0 aromatic heterocycles. The summed E-state index contributed by atoms with van der Waals surface area (Å²) < 4.78 is 16.0. The van der Waals surface area contributed by atoms with Crippen molar-refractivity contribution >= 4 is 29.9 Å². The molecule has 1 aromatic rings. The Hall–Kier alpha value is -1.22. The zero-order valence-corrected chi connectivity index (χ0v) is 16.0. The molecule has 0 atom stereocenters. The van der Waals surface area contributed by atoms with E-state index in [4.69, 9.17) is 14.2 Å². The Morgan fingerprint density at radius 1 is 1.18 bits per heavy atom. The summed E-state index contributed by atoms with van der Waals surface area (Å²) in [6.45, 7) is 4.65. The molecular weight excluding hydrogens is 397 g/mol. The number of halogens is 1. The maximum absolute atomic E-state index is 5.40. The molecule has 0 unspecified atom stereocenters. The first kappa shape index (κ1) is 20.8. The second-order valence-corrected chi connectivity index (χ2v) is 4.20. The Morgan fingerprint density at radius 2 is 1.95 bits per heavy atom. The van der Waals surface area contributed by atoms with Crippen LogP contribution in [0, 0.1) is 0 Å². The van der Waals surface area contributed by atoms with E-state index in [0.717, 1.165) is 23.0 Å². The van der Waals surface area contributed by atoms with Gasteiger partial charge < -0.3 is 24.8 Å². The Labute approximate surface area is 149 Å². The lowest BCUT2D eigenvalue weighted by atomic mass is 10.2. The van der Waals surface area contributed by atoms with Crippen LogP contribution < -0.4 is 20.1 Å². The van der Waals surface area contributed by atoms with Gasteiger partial charge in [-0.2, -0.15) is 0 Å². The number of nitrogens with zero attached hydrogens (tertiary/aromatic N) is 1. The fourth-order valence-electron chi connectivity index (χ4n) is 1.88. The van der Waals surface area contributed by atoms with Gasteiger partial charge in [0.15, 0.2) is 17.5 Å². The zero-order chi connectivity index (χ0) is 15.5. The van der Waals surface area contributed by atoms with Crippen molar-refractivity contribution in [2.24, 2.45) is 4.99 Å². The Kier molecular flexibility index (Phi) is 11.7. The van der Waals surface area contributed by atoms with Crippen LogP contribution in [0.5, 0.6) is 11.5 Å². The topological polar surface area (TPSA) is 64.1 Å². The van der Waals surface area contributed by atoms with Crippen molar-refractivity contribution in [1.29, 1.82) is 0 Å². The van der Waals surface area contributed by atoms with Gasteiger partial charge in [-0.25, -0.2) is 0 Å². The van der Waals surface area contributed by atoms with Crippen LogP contribution in [-0.4, -0.2) is 47.0 Å². The van der Waals surface area contributed by atoms with Crippen molar-refractivity contribution in [2.45, 2.75) is 13.5 Å². The van der Waals surface area contributed by atoms with Crippen LogP contribution in [0.2, 0.25) is 0 Å². The molecule has 0 saturated heterocycles. The van der Waals surface area contributed by atoms with Gasteiger partial charge in [-0.3, -0.25) is 4.99 Å². The molecule has 0 fully saturated rings. The van der Waals surface area contributed by atoms with E-state index in [1.54, 1.807) is 21.3 Å². The normalized spacial score (nSPS) is 10.6. The molecule has 0 spiro atoms. The van der Waals surface area contributed by atoms with Gasteiger partial charge in [0.2, 0.25) is 0 Å². The number of methoxy groups -OCH3 is 2. The van der Waals surface area contributed by atoms with E-state index >= 15 is 0 Å². The first-order valence-electron chi connectivity index (χ1n) is 6.98. The molecule has 1 aromatic carbocycles. The number of guanidine groups is 1. The molecule has 126 valence electrons.